The Hall–Kier alpha value is -1.52. The minimum absolute atomic E-state index is 0.298. The van der Waals surface area contributed by atoms with Gasteiger partial charge in [-0.25, -0.2) is 0 Å². The summed E-state index contributed by atoms with van der Waals surface area (Å²) in [6, 6.07) is 0. The Morgan fingerprint density at radius 1 is 1.45 bits per heavy atom. The summed E-state index contributed by atoms with van der Waals surface area (Å²) in [5.74, 6) is 1.69. The molecular formula is C15H23N3O2. The molecule has 4 N–H and O–H groups in total. The van der Waals surface area contributed by atoms with Crippen LogP contribution >= 0.6 is 0 Å². The summed E-state index contributed by atoms with van der Waals surface area (Å²) in [5, 5.41) is 17.1. The maximum Gasteiger partial charge on any atom is 0.303 e. The lowest BCUT2D eigenvalue weighted by Crippen LogP contribution is -2.56. The normalized spacial score (nSPS) is 38.6. The monoisotopic (exact) mass is 277 g/mol. The molecule has 4 fully saturated rings. The summed E-state index contributed by atoms with van der Waals surface area (Å²) in [6.07, 6.45) is 3.38. The molecule has 2 heterocycles. The van der Waals surface area contributed by atoms with Gasteiger partial charge in [0.05, 0.1) is 0 Å². The van der Waals surface area contributed by atoms with Crippen LogP contribution in [0.5, 0.6) is 0 Å². The molecule has 0 radical (unpaired) electrons. The van der Waals surface area contributed by atoms with Crippen LogP contribution < -0.4 is 5.73 Å². The Bertz CT molecular complexity index is 474. The molecule has 2 saturated carbocycles. The summed E-state index contributed by atoms with van der Waals surface area (Å²) < 4.78 is 0. The van der Waals surface area contributed by atoms with Gasteiger partial charge >= 0.3 is 5.97 Å². The van der Waals surface area contributed by atoms with Gasteiger partial charge in [-0.3, -0.25) is 4.79 Å². The molecular weight excluding hydrogens is 254 g/mol. The smallest absolute Gasteiger partial charge is 0.303 e. The van der Waals surface area contributed by atoms with E-state index in [0.29, 0.717) is 35.8 Å². The number of hydrogen-bond acceptors (Lipinski definition) is 4. The van der Waals surface area contributed by atoms with Gasteiger partial charge in [-0.15, -0.1) is 0 Å². The van der Waals surface area contributed by atoms with Crippen molar-refractivity contribution in [2.24, 2.45) is 29.4 Å². The number of nitrogens with one attached hydrogen (secondary N) is 1. The lowest BCUT2D eigenvalue weighted by molar-refractivity contribution is -0.143. The summed E-state index contributed by atoms with van der Waals surface area (Å²) in [6.45, 7) is 3.82. The van der Waals surface area contributed by atoms with Crippen LogP contribution in [-0.4, -0.2) is 34.8 Å². The molecule has 5 nitrogen and oxygen atoms in total. The van der Waals surface area contributed by atoms with Crippen molar-refractivity contribution in [3.8, 4) is 0 Å². The molecule has 2 aliphatic carbocycles. The predicted molar refractivity (Wildman–Crippen MR) is 76.3 cm³/mol. The number of nitrogens with two attached hydrogens (primary N) is 1. The second kappa shape index (κ2) is 4.79. The summed E-state index contributed by atoms with van der Waals surface area (Å²) in [7, 11) is 0. The van der Waals surface area contributed by atoms with Crippen LogP contribution in [0, 0.1) is 29.1 Å². The third-order valence-corrected chi connectivity index (χ3v) is 5.43. The van der Waals surface area contributed by atoms with Crippen molar-refractivity contribution in [2.45, 2.75) is 32.6 Å². The number of carboxylic acid groups (broad SMARTS) is 1. The molecule has 5 heteroatoms. The fourth-order valence-corrected chi connectivity index (χ4v) is 4.11. The predicted octanol–water partition coefficient (Wildman–Crippen LogP) is 1.65. The number of carbonyl (C=O) groups is 1. The summed E-state index contributed by atoms with van der Waals surface area (Å²) >= 11 is 0. The van der Waals surface area contributed by atoms with E-state index in [1.165, 1.54) is 0 Å². The first-order chi connectivity index (χ1) is 9.47. The number of aliphatic carboxylic acids is 1. The Kier molecular flexibility index (Phi) is 3.22. The molecule has 2 aliphatic heterocycles. The van der Waals surface area contributed by atoms with Crippen LogP contribution in [0.25, 0.3) is 0 Å². The molecule has 0 aromatic carbocycles. The largest absolute Gasteiger partial charge is 0.481 e. The Morgan fingerprint density at radius 3 is 2.60 bits per heavy atom. The van der Waals surface area contributed by atoms with Crippen LogP contribution in [0.4, 0.5) is 0 Å². The second-order valence-corrected chi connectivity index (χ2v) is 6.64. The van der Waals surface area contributed by atoms with E-state index in [4.69, 9.17) is 16.2 Å². The zero-order valence-corrected chi connectivity index (χ0v) is 11.9. The summed E-state index contributed by atoms with van der Waals surface area (Å²) in [4.78, 5) is 13.1. The maximum absolute atomic E-state index is 10.9. The highest BCUT2D eigenvalue weighted by atomic mass is 16.4. The first-order valence-corrected chi connectivity index (χ1v) is 7.51. The van der Waals surface area contributed by atoms with Crippen molar-refractivity contribution in [3.05, 3.63) is 11.4 Å². The van der Waals surface area contributed by atoms with Gasteiger partial charge in [-0.2, -0.15) is 0 Å². The lowest BCUT2D eigenvalue weighted by atomic mass is 9.60. The van der Waals surface area contributed by atoms with Crippen LogP contribution in [0.15, 0.2) is 11.4 Å². The average Bonchev–Trinajstić information content (AvgIpc) is 2.75. The molecule has 3 atom stereocenters. The third kappa shape index (κ3) is 2.09. The van der Waals surface area contributed by atoms with E-state index in [1.807, 2.05) is 0 Å². The van der Waals surface area contributed by atoms with Gasteiger partial charge < -0.3 is 21.1 Å². The van der Waals surface area contributed by atoms with Crippen LogP contribution in [0.3, 0.4) is 0 Å². The number of allylic oxidation sites excluding steroid dienone is 1. The molecule has 2 bridgehead atoms. The average molecular weight is 277 g/mol. The van der Waals surface area contributed by atoms with E-state index in [1.54, 1.807) is 0 Å². The van der Waals surface area contributed by atoms with Crippen LogP contribution in [0.2, 0.25) is 0 Å². The van der Waals surface area contributed by atoms with Crippen molar-refractivity contribution in [1.82, 2.24) is 4.90 Å². The SMILES string of the molecule is CC1CC/C(=C(/N)N2CC3CC(C2)C3CC(=O)O)C1=N. The first-order valence-electron chi connectivity index (χ1n) is 7.51. The Balaban J connectivity index is 1.69. The van der Waals surface area contributed by atoms with Crippen LogP contribution in [0.1, 0.15) is 32.6 Å². The molecule has 0 spiro atoms. The zero-order valence-electron chi connectivity index (χ0n) is 11.9. The quantitative estimate of drug-likeness (QED) is 0.731. The van der Waals surface area contributed by atoms with Crippen molar-refractivity contribution < 1.29 is 9.90 Å². The van der Waals surface area contributed by atoms with E-state index < -0.39 is 5.97 Å². The van der Waals surface area contributed by atoms with Crippen molar-refractivity contribution in [1.29, 1.82) is 5.41 Å². The highest BCUT2D eigenvalue weighted by Gasteiger charge is 2.47. The maximum atomic E-state index is 10.9. The molecule has 3 unspecified atom stereocenters. The van der Waals surface area contributed by atoms with E-state index in [2.05, 4.69) is 11.8 Å². The number of fused-ring (bicyclic) bond motifs is 2. The fourth-order valence-electron chi connectivity index (χ4n) is 4.11. The van der Waals surface area contributed by atoms with Crippen LogP contribution in [-0.2, 0) is 4.79 Å². The highest BCUT2D eigenvalue weighted by molar-refractivity contribution is 6.01. The Labute approximate surface area is 119 Å². The number of nitrogens with zero attached hydrogens (tertiary/aromatic N) is 1. The standard InChI is InChI=1S/C15H23N3O2/c1-8-2-3-11(14(8)16)15(17)18-6-9-4-10(7-18)12(9)5-13(19)20/h8-10,12,16H,2-7,17H2,1H3,(H,19,20)/b15-11+,16-14?. The van der Waals surface area contributed by atoms with Gasteiger partial charge in [0, 0.05) is 30.8 Å². The highest BCUT2D eigenvalue weighted by Crippen LogP contribution is 2.48. The van der Waals surface area contributed by atoms with Gasteiger partial charge in [0.2, 0.25) is 0 Å². The molecule has 110 valence electrons. The number of hydrogen-bond donors (Lipinski definition) is 3. The molecule has 20 heavy (non-hydrogen) atoms. The van der Waals surface area contributed by atoms with E-state index in [-0.39, 0.29) is 0 Å². The van der Waals surface area contributed by atoms with E-state index >= 15 is 0 Å². The topological polar surface area (TPSA) is 90.4 Å². The summed E-state index contributed by atoms with van der Waals surface area (Å²) in [5.41, 5.74) is 8.00. The van der Waals surface area contributed by atoms with E-state index in [9.17, 15) is 4.79 Å². The van der Waals surface area contributed by atoms with E-state index in [0.717, 1.165) is 43.7 Å². The fraction of sp³-hybridized carbons (Fsp3) is 0.733. The second-order valence-electron chi connectivity index (χ2n) is 6.64. The van der Waals surface area contributed by atoms with Gasteiger partial charge in [-0.1, -0.05) is 6.92 Å². The molecule has 0 aromatic heterocycles. The van der Waals surface area contributed by atoms with Gasteiger partial charge in [0.1, 0.15) is 5.82 Å². The van der Waals surface area contributed by atoms with Crippen molar-refractivity contribution in [2.75, 3.05) is 13.1 Å². The number of piperidine rings is 2. The first kappa shape index (κ1) is 13.5. The number of carboxylic acids is 1. The van der Waals surface area contributed by atoms with Crippen molar-refractivity contribution in [3.63, 3.8) is 0 Å². The third-order valence-electron chi connectivity index (χ3n) is 5.43. The lowest BCUT2D eigenvalue weighted by Gasteiger charge is -2.54. The molecule has 4 aliphatic rings. The molecule has 0 amide bonds. The minimum Gasteiger partial charge on any atom is -0.481 e. The zero-order chi connectivity index (χ0) is 14.4. The van der Waals surface area contributed by atoms with Gasteiger partial charge in [-0.05, 0) is 42.9 Å². The van der Waals surface area contributed by atoms with Crippen molar-refractivity contribution >= 4 is 11.7 Å². The molecule has 4 rings (SSSR count). The molecule has 0 aromatic rings. The Morgan fingerprint density at radius 2 is 2.10 bits per heavy atom. The van der Waals surface area contributed by atoms with Gasteiger partial charge in [0.15, 0.2) is 0 Å². The minimum atomic E-state index is -0.684. The number of rotatable bonds is 3. The van der Waals surface area contributed by atoms with Gasteiger partial charge in [0.25, 0.3) is 0 Å². The molecule has 2 saturated heterocycles.